The Balaban J connectivity index is 2.27. The molecule has 1 aliphatic rings. The molecule has 1 amide bonds. The minimum absolute atomic E-state index is 0.0581. The summed E-state index contributed by atoms with van der Waals surface area (Å²) in [5.41, 5.74) is 3.13. The number of phenols is 1. The number of carbonyl (C=O) groups is 1. The van der Waals surface area contributed by atoms with Gasteiger partial charge in [-0.15, -0.1) is 0 Å². The zero-order valence-electron chi connectivity index (χ0n) is 13.5. The summed E-state index contributed by atoms with van der Waals surface area (Å²) in [6, 6.07) is 12.0. The van der Waals surface area contributed by atoms with Crippen LogP contribution in [0.4, 0.5) is 5.69 Å². The average Bonchev–Trinajstić information content (AvgIpc) is 2.93. The lowest BCUT2D eigenvalue weighted by Gasteiger charge is -2.15. The topological polar surface area (TPSA) is 109 Å². The third-order valence-corrected chi connectivity index (χ3v) is 4.29. The molecule has 0 spiro atoms. The minimum atomic E-state index is -0.289. The van der Waals surface area contributed by atoms with E-state index in [0.29, 0.717) is 33.8 Å². The van der Waals surface area contributed by atoms with Crippen molar-refractivity contribution in [2.45, 2.75) is 0 Å². The summed E-state index contributed by atoms with van der Waals surface area (Å²) in [5.74, 6) is -0.231. The summed E-state index contributed by atoms with van der Waals surface area (Å²) in [6.45, 7) is 0. The standard InChI is InChI=1S/C19H15BrN4O2/c20-12-4-5-16-15(9-12)17(19(26)24-16)18(23-13(10-22)6-7-21)11-2-1-3-14(25)8-11/h1-10,21-23,25H,(H,24,26)/b13-6+,18-17-,21-7?,22-10?. The van der Waals surface area contributed by atoms with Crippen molar-refractivity contribution in [3.05, 3.63) is 69.8 Å². The Hall–Kier alpha value is -3.19. The number of hydrogen-bond donors (Lipinski definition) is 5. The zero-order chi connectivity index (χ0) is 18.7. The highest BCUT2D eigenvalue weighted by Crippen LogP contribution is 2.38. The molecule has 7 heteroatoms. The van der Waals surface area contributed by atoms with E-state index in [1.807, 2.05) is 12.1 Å². The number of rotatable bonds is 5. The Morgan fingerprint density at radius 3 is 2.69 bits per heavy atom. The van der Waals surface area contributed by atoms with Crippen molar-refractivity contribution >= 4 is 51.2 Å². The maximum atomic E-state index is 12.7. The predicted molar refractivity (Wildman–Crippen MR) is 106 cm³/mol. The molecule has 2 aromatic rings. The normalized spacial score (nSPS) is 15.1. The number of benzene rings is 2. The molecule has 130 valence electrons. The summed E-state index contributed by atoms with van der Waals surface area (Å²) < 4.78 is 0.822. The lowest BCUT2D eigenvalue weighted by atomic mass is 10.00. The molecule has 6 nitrogen and oxygen atoms in total. The highest BCUT2D eigenvalue weighted by Gasteiger charge is 2.28. The molecule has 26 heavy (non-hydrogen) atoms. The van der Waals surface area contributed by atoms with Crippen LogP contribution in [0.25, 0.3) is 11.3 Å². The van der Waals surface area contributed by atoms with Gasteiger partial charge in [-0.25, -0.2) is 0 Å². The molecule has 3 rings (SSSR count). The number of allylic oxidation sites excluding steroid dienone is 2. The van der Waals surface area contributed by atoms with Gasteiger partial charge in [0.15, 0.2) is 0 Å². The number of nitrogens with one attached hydrogen (secondary N) is 4. The number of amides is 1. The van der Waals surface area contributed by atoms with Gasteiger partial charge in [0, 0.05) is 33.7 Å². The van der Waals surface area contributed by atoms with Gasteiger partial charge < -0.3 is 26.6 Å². The lowest BCUT2D eigenvalue weighted by molar-refractivity contribution is -0.110. The van der Waals surface area contributed by atoms with Gasteiger partial charge in [-0.05, 0) is 36.4 Å². The van der Waals surface area contributed by atoms with E-state index in [-0.39, 0.29) is 11.7 Å². The van der Waals surface area contributed by atoms with Crippen molar-refractivity contribution < 1.29 is 9.90 Å². The highest BCUT2D eigenvalue weighted by atomic mass is 79.9. The number of fused-ring (bicyclic) bond motifs is 1. The highest BCUT2D eigenvalue weighted by molar-refractivity contribution is 9.10. The first-order valence-corrected chi connectivity index (χ1v) is 8.46. The number of phenolic OH excluding ortho intramolecular Hbond substituents is 1. The van der Waals surface area contributed by atoms with Gasteiger partial charge in [0.2, 0.25) is 0 Å². The van der Waals surface area contributed by atoms with E-state index in [2.05, 4.69) is 26.6 Å². The summed E-state index contributed by atoms with van der Waals surface area (Å²) >= 11 is 3.42. The van der Waals surface area contributed by atoms with E-state index in [9.17, 15) is 9.90 Å². The number of hydrogen-bond acceptors (Lipinski definition) is 5. The number of halogens is 1. The molecule has 0 saturated heterocycles. The van der Waals surface area contributed by atoms with Gasteiger partial charge in [0.1, 0.15) is 5.75 Å². The molecule has 0 aromatic heterocycles. The second-order valence-electron chi connectivity index (χ2n) is 5.50. The van der Waals surface area contributed by atoms with Crippen LogP contribution in [0, 0.1) is 10.8 Å². The Morgan fingerprint density at radius 2 is 2.00 bits per heavy atom. The van der Waals surface area contributed by atoms with Gasteiger partial charge >= 0.3 is 0 Å². The third kappa shape index (κ3) is 3.43. The maximum absolute atomic E-state index is 12.7. The van der Waals surface area contributed by atoms with E-state index >= 15 is 0 Å². The van der Waals surface area contributed by atoms with Crippen LogP contribution in [0.1, 0.15) is 11.1 Å². The monoisotopic (exact) mass is 410 g/mol. The zero-order valence-corrected chi connectivity index (χ0v) is 15.1. The second-order valence-corrected chi connectivity index (χ2v) is 6.42. The Kier molecular flexibility index (Phi) is 4.99. The SMILES string of the molecule is N=C/C=C(\C=N)N/C(=C1\C(=O)Nc2ccc(Br)cc21)c1cccc(O)c1. The van der Waals surface area contributed by atoms with E-state index in [4.69, 9.17) is 10.8 Å². The fourth-order valence-corrected chi connectivity index (χ4v) is 3.05. The predicted octanol–water partition coefficient (Wildman–Crippen LogP) is 3.75. The molecule has 0 fully saturated rings. The first kappa shape index (κ1) is 17.6. The first-order valence-electron chi connectivity index (χ1n) is 7.66. The summed E-state index contributed by atoms with van der Waals surface area (Å²) in [6.07, 6.45) is 3.52. The summed E-state index contributed by atoms with van der Waals surface area (Å²) in [4.78, 5) is 12.7. The van der Waals surface area contributed by atoms with Crippen LogP contribution in [0.2, 0.25) is 0 Å². The van der Waals surface area contributed by atoms with Crippen molar-refractivity contribution in [3.8, 4) is 5.75 Å². The Morgan fingerprint density at radius 1 is 1.19 bits per heavy atom. The van der Waals surface area contributed by atoms with Crippen LogP contribution in [0.3, 0.4) is 0 Å². The average molecular weight is 411 g/mol. The third-order valence-electron chi connectivity index (χ3n) is 3.80. The second kappa shape index (κ2) is 7.37. The molecule has 0 unspecified atom stereocenters. The van der Waals surface area contributed by atoms with Crippen molar-refractivity contribution in [3.63, 3.8) is 0 Å². The van der Waals surface area contributed by atoms with Crippen molar-refractivity contribution in [2.24, 2.45) is 0 Å². The lowest BCUT2D eigenvalue weighted by Crippen LogP contribution is -2.17. The van der Waals surface area contributed by atoms with Gasteiger partial charge in [-0.1, -0.05) is 28.1 Å². The largest absolute Gasteiger partial charge is 0.508 e. The number of anilines is 1. The summed E-state index contributed by atoms with van der Waals surface area (Å²) in [7, 11) is 0. The maximum Gasteiger partial charge on any atom is 0.258 e. The van der Waals surface area contributed by atoms with Gasteiger partial charge in [0.05, 0.1) is 17.0 Å². The molecule has 0 radical (unpaired) electrons. The Labute approximate surface area is 158 Å². The molecule has 0 atom stereocenters. The smallest absolute Gasteiger partial charge is 0.258 e. The molecular formula is C19H15BrN4O2. The fraction of sp³-hybridized carbons (Fsp3) is 0. The first-order chi connectivity index (χ1) is 12.5. The van der Waals surface area contributed by atoms with Crippen LogP contribution < -0.4 is 10.6 Å². The van der Waals surface area contributed by atoms with Crippen LogP contribution in [-0.4, -0.2) is 23.4 Å². The molecule has 0 aliphatic carbocycles. The van der Waals surface area contributed by atoms with E-state index in [0.717, 1.165) is 16.9 Å². The van der Waals surface area contributed by atoms with E-state index in [1.165, 1.54) is 18.2 Å². The quantitative estimate of drug-likeness (QED) is 0.382. The van der Waals surface area contributed by atoms with Crippen LogP contribution in [-0.2, 0) is 4.79 Å². The molecule has 0 saturated carbocycles. The number of aromatic hydroxyl groups is 1. The molecule has 1 heterocycles. The van der Waals surface area contributed by atoms with E-state index < -0.39 is 0 Å². The van der Waals surface area contributed by atoms with Crippen LogP contribution in [0.15, 0.2) is 58.7 Å². The Bertz CT molecular complexity index is 979. The molecule has 1 aliphatic heterocycles. The van der Waals surface area contributed by atoms with Crippen molar-refractivity contribution in [2.75, 3.05) is 5.32 Å². The minimum Gasteiger partial charge on any atom is -0.508 e. The van der Waals surface area contributed by atoms with Gasteiger partial charge in [-0.3, -0.25) is 4.79 Å². The van der Waals surface area contributed by atoms with Crippen LogP contribution in [0.5, 0.6) is 5.75 Å². The van der Waals surface area contributed by atoms with E-state index in [1.54, 1.807) is 18.2 Å². The fourth-order valence-electron chi connectivity index (χ4n) is 2.69. The number of carbonyl (C=O) groups excluding carboxylic acids is 1. The molecular weight excluding hydrogens is 396 g/mol. The van der Waals surface area contributed by atoms with Gasteiger partial charge in [0.25, 0.3) is 5.91 Å². The van der Waals surface area contributed by atoms with Gasteiger partial charge in [-0.2, -0.15) is 0 Å². The van der Waals surface area contributed by atoms with Crippen LogP contribution >= 0.6 is 15.9 Å². The van der Waals surface area contributed by atoms with Crippen molar-refractivity contribution in [1.82, 2.24) is 5.32 Å². The molecule has 0 bridgehead atoms. The summed E-state index contributed by atoms with van der Waals surface area (Å²) in [5, 5.41) is 30.5. The van der Waals surface area contributed by atoms with Crippen molar-refractivity contribution in [1.29, 1.82) is 10.8 Å². The molecule has 5 N–H and O–H groups in total. The molecule has 2 aromatic carbocycles.